The molecule has 1 heterocycles. The highest BCUT2D eigenvalue weighted by atomic mass is 32.1. The molecular weight excluding hydrogens is 613 g/mol. The van der Waals surface area contributed by atoms with Crippen molar-refractivity contribution in [3.05, 3.63) is 173 Å². The van der Waals surface area contributed by atoms with Crippen molar-refractivity contribution in [3.8, 4) is 0 Å². The van der Waals surface area contributed by atoms with Crippen molar-refractivity contribution in [2.24, 2.45) is 0 Å². The van der Waals surface area contributed by atoms with E-state index in [1.54, 1.807) is 0 Å². The van der Waals surface area contributed by atoms with Gasteiger partial charge in [-0.1, -0.05) is 98.0 Å². The molecule has 0 aliphatic heterocycles. The monoisotopic (exact) mass is 658 g/mol. The Bertz CT molecular complexity index is 2020. The minimum absolute atomic E-state index is 0.258. The van der Waals surface area contributed by atoms with Gasteiger partial charge in [0.05, 0.1) is 12.1 Å². The number of fused-ring (bicyclic) bond motifs is 3. The molecule has 49 heavy (non-hydrogen) atoms. The molecule has 2 nitrogen and oxygen atoms in total. The topological polar surface area (TPSA) is 6.48 Å². The highest BCUT2D eigenvalue weighted by Crippen LogP contribution is 2.44. The Morgan fingerprint density at radius 1 is 0.878 bits per heavy atom. The predicted octanol–water partition coefficient (Wildman–Crippen LogP) is 12.8. The lowest BCUT2D eigenvalue weighted by Gasteiger charge is -2.41. The van der Waals surface area contributed by atoms with Crippen LogP contribution in [0.3, 0.4) is 0 Å². The lowest BCUT2D eigenvalue weighted by Crippen LogP contribution is -2.41. The summed E-state index contributed by atoms with van der Waals surface area (Å²) >= 11 is 1.93. The van der Waals surface area contributed by atoms with Crippen molar-refractivity contribution in [2.75, 3.05) is 4.90 Å². The standard InChI is InChI=1S/C46H46N2S/c1-5-16-35(17-6-2)48(38-24-27-41(33(4)30-38)42-23-15-14-18-34(42)7-3)40-25-28-43-44-31-39(26-29-45(44)49-46(43)32-40)47(36-19-10-8-11-20-36)37-21-12-9-13-22-37/h5-6,8-15,17-23,26-27,29-32,35,38H,1,7,16,24-25,28H2,2-4H3/b17-6-. The van der Waals surface area contributed by atoms with Gasteiger partial charge in [-0.25, -0.2) is 0 Å². The number of hydrogen-bond donors (Lipinski definition) is 0. The van der Waals surface area contributed by atoms with E-state index in [-0.39, 0.29) is 12.1 Å². The molecule has 2 unspecified atom stereocenters. The van der Waals surface area contributed by atoms with Crippen molar-refractivity contribution in [1.82, 2.24) is 4.90 Å². The van der Waals surface area contributed by atoms with Crippen molar-refractivity contribution >= 4 is 50.1 Å². The molecule has 0 saturated heterocycles. The zero-order chi connectivity index (χ0) is 33.7. The minimum atomic E-state index is 0.258. The summed E-state index contributed by atoms with van der Waals surface area (Å²) < 4.78 is 1.35. The average molecular weight is 659 g/mol. The third kappa shape index (κ3) is 6.60. The first-order valence-corrected chi connectivity index (χ1v) is 18.6. The third-order valence-electron chi connectivity index (χ3n) is 10.0. The van der Waals surface area contributed by atoms with Gasteiger partial charge < -0.3 is 9.80 Å². The molecule has 0 fully saturated rings. The largest absolute Gasteiger partial charge is 0.361 e. The average Bonchev–Trinajstić information content (AvgIpc) is 3.50. The maximum Gasteiger partial charge on any atom is 0.0516 e. The molecule has 0 amide bonds. The fraction of sp³-hybridized carbons (Fsp3) is 0.217. The molecule has 0 saturated carbocycles. The summed E-state index contributed by atoms with van der Waals surface area (Å²) in [6.45, 7) is 10.9. The van der Waals surface area contributed by atoms with Crippen LogP contribution in [0.2, 0.25) is 0 Å². The van der Waals surface area contributed by atoms with Gasteiger partial charge in [0.15, 0.2) is 0 Å². The number of hydrogen-bond acceptors (Lipinski definition) is 3. The first kappa shape index (κ1) is 32.7. The van der Waals surface area contributed by atoms with Crippen LogP contribution < -0.4 is 4.90 Å². The summed E-state index contributed by atoms with van der Waals surface area (Å²) in [6.07, 6.45) is 19.2. The summed E-state index contributed by atoms with van der Waals surface area (Å²) in [5.41, 5.74) is 12.0. The van der Waals surface area contributed by atoms with Crippen LogP contribution in [0.4, 0.5) is 17.1 Å². The molecule has 0 spiro atoms. The van der Waals surface area contributed by atoms with Crippen LogP contribution in [0.25, 0.3) is 21.7 Å². The van der Waals surface area contributed by atoms with E-state index in [2.05, 4.69) is 177 Å². The number of thiophene rings is 1. The molecular formula is C46H46N2S. The molecule has 1 aromatic heterocycles. The van der Waals surface area contributed by atoms with Crippen LogP contribution in [0.15, 0.2) is 151 Å². The Morgan fingerprint density at radius 2 is 1.59 bits per heavy atom. The van der Waals surface area contributed by atoms with Gasteiger partial charge in [-0.05, 0) is 128 Å². The summed E-state index contributed by atoms with van der Waals surface area (Å²) in [5.74, 6) is 0. The number of para-hydroxylation sites is 2. The van der Waals surface area contributed by atoms with Crippen LogP contribution in [-0.2, 0) is 12.8 Å². The number of rotatable bonds is 11. The van der Waals surface area contributed by atoms with Gasteiger partial charge in [-0.15, -0.1) is 17.9 Å². The highest BCUT2D eigenvalue weighted by Gasteiger charge is 2.30. The van der Waals surface area contributed by atoms with Gasteiger partial charge in [-0.2, -0.15) is 0 Å². The van der Waals surface area contributed by atoms with E-state index in [9.17, 15) is 0 Å². The van der Waals surface area contributed by atoms with E-state index < -0.39 is 0 Å². The second-order valence-electron chi connectivity index (χ2n) is 13.1. The van der Waals surface area contributed by atoms with Crippen molar-refractivity contribution in [3.63, 3.8) is 0 Å². The molecule has 2 aliphatic carbocycles. The van der Waals surface area contributed by atoms with Crippen LogP contribution in [0.5, 0.6) is 0 Å². The zero-order valence-electron chi connectivity index (χ0n) is 29.0. The van der Waals surface area contributed by atoms with Crippen LogP contribution in [-0.4, -0.2) is 17.0 Å². The Morgan fingerprint density at radius 3 is 2.27 bits per heavy atom. The molecule has 3 heteroatoms. The number of aryl methyl sites for hydroxylation is 2. The Kier molecular flexibility index (Phi) is 9.82. The quantitative estimate of drug-likeness (QED) is 0.130. The molecule has 7 rings (SSSR count). The third-order valence-corrected chi connectivity index (χ3v) is 11.2. The zero-order valence-corrected chi connectivity index (χ0v) is 29.8. The fourth-order valence-electron chi connectivity index (χ4n) is 7.75. The molecule has 0 N–H and O–H groups in total. The smallest absolute Gasteiger partial charge is 0.0516 e. The van der Waals surface area contributed by atoms with Gasteiger partial charge in [-0.3, -0.25) is 0 Å². The van der Waals surface area contributed by atoms with Crippen molar-refractivity contribution in [2.45, 2.75) is 65.0 Å². The van der Waals surface area contributed by atoms with E-state index in [0.717, 1.165) is 32.1 Å². The van der Waals surface area contributed by atoms with Crippen LogP contribution in [0, 0.1) is 0 Å². The summed E-state index contributed by atoms with van der Waals surface area (Å²) in [4.78, 5) is 6.46. The van der Waals surface area contributed by atoms with Crippen LogP contribution >= 0.6 is 11.3 Å². The van der Waals surface area contributed by atoms with E-state index in [1.165, 1.54) is 65.6 Å². The van der Waals surface area contributed by atoms with Crippen LogP contribution in [0.1, 0.15) is 61.6 Å². The first-order chi connectivity index (χ1) is 24.1. The van der Waals surface area contributed by atoms with Crippen molar-refractivity contribution < 1.29 is 0 Å². The molecule has 0 radical (unpaired) electrons. The molecule has 5 aromatic rings. The first-order valence-electron chi connectivity index (χ1n) is 17.7. The molecule has 2 atom stereocenters. The lowest BCUT2D eigenvalue weighted by molar-refractivity contribution is 0.239. The molecule has 246 valence electrons. The summed E-state index contributed by atoms with van der Waals surface area (Å²) in [6, 6.07) is 37.9. The fourth-order valence-corrected chi connectivity index (χ4v) is 8.95. The van der Waals surface area contributed by atoms with Gasteiger partial charge in [0, 0.05) is 32.3 Å². The van der Waals surface area contributed by atoms with Crippen molar-refractivity contribution in [1.29, 1.82) is 0 Å². The summed E-state index contributed by atoms with van der Waals surface area (Å²) in [7, 11) is 0. The predicted molar refractivity (Wildman–Crippen MR) is 214 cm³/mol. The SMILES string of the molecule is C=CCC(/C=C\C)N(C1=Cc2sc3ccc(N(c4ccccc4)c4ccccc4)cc3c2CC1)C1C=C(C)C(c2ccccc2CC)=CC1. The van der Waals surface area contributed by atoms with E-state index in [4.69, 9.17) is 0 Å². The Hall–Kier alpha value is -4.86. The molecule has 4 aromatic carbocycles. The Labute approximate surface area is 296 Å². The molecule has 2 aliphatic rings. The normalized spacial score (nSPS) is 16.5. The van der Waals surface area contributed by atoms with E-state index in [0.29, 0.717) is 0 Å². The van der Waals surface area contributed by atoms with Gasteiger partial charge in [0.25, 0.3) is 0 Å². The lowest BCUT2D eigenvalue weighted by atomic mass is 9.86. The second-order valence-corrected chi connectivity index (χ2v) is 14.2. The van der Waals surface area contributed by atoms with E-state index in [1.807, 2.05) is 11.3 Å². The maximum absolute atomic E-state index is 4.16. The van der Waals surface area contributed by atoms with E-state index >= 15 is 0 Å². The maximum atomic E-state index is 4.16. The number of benzene rings is 4. The number of allylic oxidation sites excluding steroid dienone is 4. The number of nitrogens with zero attached hydrogens (tertiary/aromatic N) is 2. The summed E-state index contributed by atoms with van der Waals surface area (Å²) in [5, 5.41) is 1.38. The number of anilines is 3. The van der Waals surface area contributed by atoms with Gasteiger partial charge in [0.1, 0.15) is 0 Å². The molecule has 0 bridgehead atoms. The minimum Gasteiger partial charge on any atom is -0.361 e. The van der Waals surface area contributed by atoms with Gasteiger partial charge in [0.2, 0.25) is 0 Å². The highest BCUT2D eigenvalue weighted by molar-refractivity contribution is 7.20. The Balaban J connectivity index is 1.26. The van der Waals surface area contributed by atoms with Gasteiger partial charge >= 0.3 is 0 Å². The second kappa shape index (κ2) is 14.7.